The van der Waals surface area contributed by atoms with Crippen LogP contribution in [0.5, 0.6) is 0 Å². The normalized spacial score (nSPS) is 10.1. The molecule has 0 atom stereocenters. The van der Waals surface area contributed by atoms with Gasteiger partial charge in [0.05, 0.1) is 0 Å². The number of likely N-dealkylation sites (N-methyl/N-ethyl adjacent to an activating group) is 1. The molecule has 0 unspecified atom stereocenters. The van der Waals surface area contributed by atoms with E-state index in [1.807, 2.05) is 33.2 Å². The zero-order chi connectivity index (χ0) is 15.8. The van der Waals surface area contributed by atoms with Crippen LogP contribution in [0, 0.1) is 13.8 Å². The molecule has 1 rings (SSSR count). The summed E-state index contributed by atoms with van der Waals surface area (Å²) in [6.45, 7) is 5.79. The van der Waals surface area contributed by atoms with Gasteiger partial charge in [-0.25, -0.2) is 0 Å². The van der Waals surface area contributed by atoms with Gasteiger partial charge in [0.25, 0.3) is 0 Å². The van der Waals surface area contributed by atoms with E-state index in [2.05, 4.69) is 39.4 Å². The summed E-state index contributed by atoms with van der Waals surface area (Å²) in [5, 5.41) is 7.20. The van der Waals surface area contributed by atoms with Gasteiger partial charge >= 0.3 is 0 Å². The van der Waals surface area contributed by atoms with Gasteiger partial charge in [-0.15, -0.1) is 0 Å². The predicted molar refractivity (Wildman–Crippen MR) is 97.6 cm³/mol. The molecule has 0 aliphatic carbocycles. The van der Waals surface area contributed by atoms with Crippen LogP contribution < -0.4 is 21.5 Å². The Morgan fingerprint density at radius 3 is 2.38 bits per heavy atom. The zero-order valence-corrected chi connectivity index (χ0v) is 14.5. The molecule has 1 aromatic rings. The van der Waals surface area contributed by atoms with Crippen LogP contribution in [0.3, 0.4) is 0 Å². The van der Waals surface area contributed by atoms with Crippen molar-refractivity contribution in [3.63, 3.8) is 0 Å². The number of anilines is 1. The van der Waals surface area contributed by atoms with Gasteiger partial charge in [0, 0.05) is 18.8 Å². The quantitative estimate of drug-likeness (QED) is 0.495. The molecule has 0 fully saturated rings. The summed E-state index contributed by atoms with van der Waals surface area (Å²) >= 11 is 10.4. The van der Waals surface area contributed by atoms with Crippen molar-refractivity contribution in [2.24, 2.45) is 0 Å². The molecule has 0 saturated carbocycles. The van der Waals surface area contributed by atoms with Gasteiger partial charge < -0.3 is 15.5 Å². The number of aryl methyl sites for hydroxylation is 2. The van der Waals surface area contributed by atoms with Crippen LogP contribution in [-0.2, 0) is 0 Å². The molecule has 116 valence electrons. The highest BCUT2D eigenvalue weighted by atomic mass is 32.1. The van der Waals surface area contributed by atoms with E-state index in [1.54, 1.807) is 0 Å². The minimum Gasteiger partial charge on any atom is -0.360 e. The third-order valence-electron chi connectivity index (χ3n) is 2.76. The highest BCUT2D eigenvalue weighted by Crippen LogP contribution is 2.15. The average molecular weight is 326 g/mol. The lowest BCUT2D eigenvalue weighted by atomic mass is 10.1. The molecule has 0 saturated heterocycles. The Morgan fingerprint density at radius 2 is 1.76 bits per heavy atom. The Hall–Kier alpha value is -1.44. The van der Waals surface area contributed by atoms with E-state index in [9.17, 15) is 0 Å². The van der Waals surface area contributed by atoms with Crippen molar-refractivity contribution >= 4 is 40.3 Å². The van der Waals surface area contributed by atoms with Crippen LogP contribution in [0.1, 0.15) is 11.1 Å². The number of rotatable bonds is 4. The zero-order valence-electron chi connectivity index (χ0n) is 12.9. The summed E-state index contributed by atoms with van der Waals surface area (Å²) in [6, 6.07) is 6.15. The number of nitrogens with zero attached hydrogens (tertiary/aromatic N) is 1. The van der Waals surface area contributed by atoms with Crippen LogP contribution >= 0.6 is 24.4 Å². The Balaban J connectivity index is 2.32. The van der Waals surface area contributed by atoms with Gasteiger partial charge in [-0.2, -0.15) is 0 Å². The minimum atomic E-state index is 0.471. The summed E-state index contributed by atoms with van der Waals surface area (Å²) in [5.41, 5.74) is 9.07. The summed E-state index contributed by atoms with van der Waals surface area (Å²) < 4.78 is 0. The Kier molecular flexibility index (Phi) is 7.35. The molecular weight excluding hydrogens is 302 g/mol. The third kappa shape index (κ3) is 7.22. The first-order chi connectivity index (χ1) is 9.88. The number of nitrogens with one attached hydrogen (secondary N) is 4. The lowest BCUT2D eigenvalue weighted by Crippen LogP contribution is -2.49. The van der Waals surface area contributed by atoms with Crippen molar-refractivity contribution < 1.29 is 0 Å². The first kappa shape index (κ1) is 17.6. The maximum absolute atomic E-state index is 5.22. The molecule has 4 N–H and O–H groups in total. The topological polar surface area (TPSA) is 51.4 Å². The second-order valence-electron chi connectivity index (χ2n) is 5.08. The lowest BCUT2D eigenvalue weighted by Gasteiger charge is -2.16. The molecule has 21 heavy (non-hydrogen) atoms. The summed E-state index contributed by atoms with van der Waals surface area (Å²) in [4.78, 5) is 2.08. The maximum Gasteiger partial charge on any atom is 0.189 e. The van der Waals surface area contributed by atoms with Crippen LogP contribution in [0.15, 0.2) is 18.2 Å². The third-order valence-corrected chi connectivity index (χ3v) is 3.21. The molecule has 5 nitrogen and oxygen atoms in total. The fourth-order valence-electron chi connectivity index (χ4n) is 1.66. The van der Waals surface area contributed by atoms with Crippen molar-refractivity contribution in [2.75, 3.05) is 32.5 Å². The largest absolute Gasteiger partial charge is 0.360 e. The Bertz CT molecular complexity index is 502. The average Bonchev–Trinajstić information content (AvgIpc) is 2.39. The van der Waals surface area contributed by atoms with Gasteiger partial charge in [-0.1, -0.05) is 17.7 Å². The Labute approximate surface area is 137 Å². The standard InChI is InChI=1S/C14H23N5S2/c1-10-5-6-12(11(2)9-10)16-14(21)18-17-13(20)15-7-8-19(3)4/h5-6,9H,7-8H2,1-4H3,(H2,15,17,20)(H2,16,18,21). The minimum absolute atomic E-state index is 0.471. The first-order valence-corrected chi connectivity index (χ1v) is 7.53. The van der Waals surface area contributed by atoms with Crippen molar-refractivity contribution in [1.82, 2.24) is 21.1 Å². The molecule has 0 aromatic heterocycles. The SMILES string of the molecule is Cc1ccc(NC(=S)NNC(=S)NCCN(C)C)c(C)c1. The number of hydrogen-bond donors (Lipinski definition) is 4. The van der Waals surface area contributed by atoms with Gasteiger partial charge in [-0.3, -0.25) is 10.9 Å². The van der Waals surface area contributed by atoms with Crippen molar-refractivity contribution in [3.8, 4) is 0 Å². The first-order valence-electron chi connectivity index (χ1n) is 6.71. The molecule has 7 heteroatoms. The van der Waals surface area contributed by atoms with E-state index in [1.165, 1.54) is 5.56 Å². The van der Waals surface area contributed by atoms with E-state index >= 15 is 0 Å². The Morgan fingerprint density at radius 1 is 1.10 bits per heavy atom. The van der Waals surface area contributed by atoms with E-state index in [0.717, 1.165) is 24.3 Å². The van der Waals surface area contributed by atoms with E-state index < -0.39 is 0 Å². The van der Waals surface area contributed by atoms with Gasteiger partial charge in [-0.05, 0) is 64.0 Å². The fraction of sp³-hybridized carbons (Fsp3) is 0.429. The highest BCUT2D eigenvalue weighted by Gasteiger charge is 2.02. The fourth-order valence-corrected chi connectivity index (χ4v) is 1.97. The molecule has 0 bridgehead atoms. The number of benzene rings is 1. The summed E-state index contributed by atoms with van der Waals surface area (Å²) in [6.07, 6.45) is 0. The number of thiocarbonyl (C=S) groups is 2. The van der Waals surface area contributed by atoms with Crippen molar-refractivity contribution in [3.05, 3.63) is 29.3 Å². The van der Waals surface area contributed by atoms with E-state index in [-0.39, 0.29) is 0 Å². The molecule has 0 aliphatic rings. The smallest absolute Gasteiger partial charge is 0.189 e. The molecule has 1 aromatic carbocycles. The lowest BCUT2D eigenvalue weighted by molar-refractivity contribution is 0.412. The summed E-state index contributed by atoms with van der Waals surface area (Å²) in [5.74, 6) is 0. The molecule has 0 aliphatic heterocycles. The molecular formula is C14H23N5S2. The molecule has 0 radical (unpaired) electrons. The van der Waals surface area contributed by atoms with Gasteiger partial charge in [0.15, 0.2) is 10.2 Å². The second-order valence-corrected chi connectivity index (χ2v) is 5.90. The molecule has 0 amide bonds. The van der Waals surface area contributed by atoms with E-state index in [4.69, 9.17) is 24.4 Å². The summed E-state index contributed by atoms with van der Waals surface area (Å²) in [7, 11) is 4.03. The second kappa shape index (κ2) is 8.76. The van der Waals surface area contributed by atoms with E-state index in [0.29, 0.717) is 10.2 Å². The highest BCUT2D eigenvalue weighted by molar-refractivity contribution is 7.80. The van der Waals surface area contributed by atoms with Gasteiger partial charge in [0.2, 0.25) is 0 Å². The maximum atomic E-state index is 5.22. The van der Waals surface area contributed by atoms with Crippen LogP contribution in [-0.4, -0.2) is 42.3 Å². The van der Waals surface area contributed by atoms with Crippen LogP contribution in [0.25, 0.3) is 0 Å². The van der Waals surface area contributed by atoms with Crippen molar-refractivity contribution in [2.45, 2.75) is 13.8 Å². The number of hydrogen-bond acceptors (Lipinski definition) is 3. The molecule has 0 heterocycles. The number of hydrazine groups is 1. The van der Waals surface area contributed by atoms with Crippen LogP contribution in [0.4, 0.5) is 5.69 Å². The molecule has 0 spiro atoms. The van der Waals surface area contributed by atoms with Crippen molar-refractivity contribution in [1.29, 1.82) is 0 Å². The predicted octanol–water partition coefficient (Wildman–Crippen LogP) is 1.53. The van der Waals surface area contributed by atoms with Crippen LogP contribution in [0.2, 0.25) is 0 Å². The monoisotopic (exact) mass is 325 g/mol. The van der Waals surface area contributed by atoms with Gasteiger partial charge in [0.1, 0.15) is 0 Å².